The lowest BCUT2D eigenvalue weighted by atomic mass is 10.00. The minimum absolute atomic E-state index is 0.169. The Labute approximate surface area is 247 Å². The Morgan fingerprint density at radius 1 is 0.634 bits per heavy atom. The van der Waals surface area contributed by atoms with Crippen LogP contribution in [0.4, 0.5) is 0 Å². The highest BCUT2D eigenvalue weighted by molar-refractivity contribution is 8.00. The van der Waals surface area contributed by atoms with E-state index < -0.39 is 6.29 Å². The van der Waals surface area contributed by atoms with E-state index in [1.807, 2.05) is 54.6 Å². The molecule has 0 amide bonds. The van der Waals surface area contributed by atoms with E-state index in [1.54, 1.807) is 18.9 Å². The molecule has 1 aliphatic heterocycles. The summed E-state index contributed by atoms with van der Waals surface area (Å²) in [5, 5.41) is -0.169. The first-order valence-electron chi connectivity index (χ1n) is 14.0. The predicted octanol–water partition coefficient (Wildman–Crippen LogP) is 7.21. The zero-order chi connectivity index (χ0) is 28.3. The van der Waals surface area contributed by atoms with Gasteiger partial charge in [-0.3, -0.25) is 0 Å². The molecule has 1 fully saturated rings. The van der Waals surface area contributed by atoms with E-state index in [0.717, 1.165) is 21.6 Å². The molecule has 0 unspecified atom stereocenters. The van der Waals surface area contributed by atoms with Crippen molar-refractivity contribution in [2.45, 2.75) is 61.5 Å². The summed E-state index contributed by atoms with van der Waals surface area (Å²) in [7, 11) is 1.69. The van der Waals surface area contributed by atoms with Gasteiger partial charge in [0.15, 0.2) is 6.29 Å². The van der Waals surface area contributed by atoms with E-state index in [2.05, 4.69) is 67.6 Å². The minimum Gasteiger partial charge on any atom is -0.374 e. The van der Waals surface area contributed by atoms with Gasteiger partial charge in [0.25, 0.3) is 0 Å². The normalized spacial score (nSPS) is 22.4. The molecule has 1 heterocycles. The number of thioether (sulfide) groups is 1. The predicted molar refractivity (Wildman–Crippen MR) is 163 cm³/mol. The first-order chi connectivity index (χ1) is 20.2. The van der Waals surface area contributed by atoms with Crippen LogP contribution in [0.2, 0.25) is 0 Å². The lowest BCUT2D eigenvalue weighted by Crippen LogP contribution is -2.59. The molecule has 5 rings (SSSR count). The molecular formula is C35H38O5S. The molecule has 214 valence electrons. The molecule has 5 atom stereocenters. The SMILES string of the molecule is CO[C@@H]1O[C@H](COCc2ccccc2)[C@@H](OCc2ccccc2)[C@H](OCc2ccccc2)[C@H]1Sc1ccc(C)cc1. The second kappa shape index (κ2) is 15.3. The molecule has 1 aliphatic rings. The van der Waals surface area contributed by atoms with Crippen molar-refractivity contribution in [1.82, 2.24) is 0 Å². The van der Waals surface area contributed by atoms with Crippen LogP contribution < -0.4 is 0 Å². The van der Waals surface area contributed by atoms with Crippen molar-refractivity contribution in [3.05, 3.63) is 138 Å². The van der Waals surface area contributed by atoms with Crippen LogP contribution in [0.3, 0.4) is 0 Å². The van der Waals surface area contributed by atoms with Crippen molar-refractivity contribution in [3.63, 3.8) is 0 Å². The Bertz CT molecular complexity index is 1290. The zero-order valence-electron chi connectivity index (χ0n) is 23.6. The number of ether oxygens (including phenoxy) is 5. The molecule has 0 bridgehead atoms. The van der Waals surface area contributed by atoms with Gasteiger partial charge in [0.1, 0.15) is 18.3 Å². The van der Waals surface area contributed by atoms with E-state index in [9.17, 15) is 0 Å². The number of hydrogen-bond donors (Lipinski definition) is 0. The summed E-state index contributed by atoms with van der Waals surface area (Å²) < 4.78 is 32.1. The summed E-state index contributed by atoms with van der Waals surface area (Å²) in [6.45, 7) is 3.82. The maximum Gasteiger partial charge on any atom is 0.172 e. The van der Waals surface area contributed by atoms with Crippen LogP contribution in [-0.2, 0) is 43.5 Å². The highest BCUT2D eigenvalue weighted by Gasteiger charge is 2.48. The topological polar surface area (TPSA) is 46.2 Å². The molecule has 0 N–H and O–H groups in total. The molecule has 0 aromatic heterocycles. The number of aryl methyl sites for hydroxylation is 1. The molecule has 4 aromatic rings. The molecule has 0 radical (unpaired) electrons. The Hall–Kier alpha value is -2.97. The summed E-state index contributed by atoms with van der Waals surface area (Å²) in [6.07, 6.45) is -1.61. The number of rotatable bonds is 13. The van der Waals surface area contributed by atoms with Crippen LogP contribution in [-0.4, -0.2) is 43.6 Å². The minimum atomic E-state index is -0.510. The fourth-order valence-corrected chi connectivity index (χ4v) is 6.15. The summed E-state index contributed by atoms with van der Waals surface area (Å²) in [6, 6.07) is 39.1. The van der Waals surface area contributed by atoms with E-state index in [1.165, 1.54) is 5.56 Å². The van der Waals surface area contributed by atoms with E-state index in [4.69, 9.17) is 23.7 Å². The quantitative estimate of drug-likeness (QED) is 0.169. The fraction of sp³-hybridized carbons (Fsp3) is 0.314. The van der Waals surface area contributed by atoms with Gasteiger partial charge in [-0.15, -0.1) is 11.8 Å². The zero-order valence-corrected chi connectivity index (χ0v) is 24.5. The van der Waals surface area contributed by atoms with Crippen LogP contribution >= 0.6 is 11.8 Å². The monoisotopic (exact) mass is 570 g/mol. The second-order valence-corrected chi connectivity index (χ2v) is 11.4. The summed E-state index contributed by atoms with van der Waals surface area (Å²) >= 11 is 1.70. The Kier molecular flexibility index (Phi) is 11.0. The summed E-state index contributed by atoms with van der Waals surface area (Å²) in [5.41, 5.74) is 4.52. The lowest BCUT2D eigenvalue weighted by Gasteiger charge is -2.45. The maximum absolute atomic E-state index is 6.74. The van der Waals surface area contributed by atoms with E-state index in [-0.39, 0.29) is 23.6 Å². The molecule has 0 aliphatic carbocycles. The third kappa shape index (κ3) is 8.52. The van der Waals surface area contributed by atoms with Crippen molar-refractivity contribution < 1.29 is 23.7 Å². The molecule has 41 heavy (non-hydrogen) atoms. The van der Waals surface area contributed by atoms with Gasteiger partial charge in [0.05, 0.1) is 31.7 Å². The molecule has 6 heteroatoms. The standard InChI is InChI=1S/C35H38O5S/c1-26-18-20-30(21-19-26)41-34-33(39-24-29-16-10-5-11-17-29)32(38-23-28-14-8-4-9-15-28)31(40-35(34)36-2)25-37-22-27-12-6-3-7-13-27/h3-21,31-35H,22-25H2,1-2H3/t31-,32-,33+,34-,35-/m1/s1. The number of methoxy groups -OCH3 is 1. The highest BCUT2D eigenvalue weighted by Crippen LogP contribution is 2.38. The third-order valence-electron chi connectivity index (χ3n) is 7.08. The maximum atomic E-state index is 6.74. The van der Waals surface area contributed by atoms with Gasteiger partial charge in [0, 0.05) is 12.0 Å². The smallest absolute Gasteiger partial charge is 0.172 e. The molecule has 0 saturated carbocycles. The third-order valence-corrected chi connectivity index (χ3v) is 8.39. The lowest BCUT2D eigenvalue weighted by molar-refractivity contribution is -0.268. The molecule has 4 aromatic carbocycles. The first-order valence-corrected chi connectivity index (χ1v) is 14.9. The molecule has 0 spiro atoms. The van der Waals surface area contributed by atoms with Gasteiger partial charge in [-0.25, -0.2) is 0 Å². The van der Waals surface area contributed by atoms with Gasteiger partial charge in [-0.2, -0.15) is 0 Å². The summed E-state index contributed by atoms with van der Waals surface area (Å²) in [4.78, 5) is 1.13. The number of benzene rings is 4. The van der Waals surface area contributed by atoms with Crippen LogP contribution in [0.15, 0.2) is 120 Å². The molecule has 5 nitrogen and oxygen atoms in total. The Morgan fingerprint density at radius 2 is 1.15 bits per heavy atom. The fourth-order valence-electron chi connectivity index (χ4n) is 4.89. The average Bonchev–Trinajstić information content (AvgIpc) is 3.02. The van der Waals surface area contributed by atoms with Crippen LogP contribution in [0.25, 0.3) is 0 Å². The van der Waals surface area contributed by atoms with Gasteiger partial charge < -0.3 is 23.7 Å². The van der Waals surface area contributed by atoms with Crippen molar-refractivity contribution in [2.75, 3.05) is 13.7 Å². The largest absolute Gasteiger partial charge is 0.374 e. The Morgan fingerprint density at radius 3 is 1.68 bits per heavy atom. The van der Waals surface area contributed by atoms with E-state index in [0.29, 0.717) is 26.4 Å². The van der Waals surface area contributed by atoms with Crippen molar-refractivity contribution >= 4 is 11.8 Å². The van der Waals surface area contributed by atoms with Gasteiger partial charge in [-0.1, -0.05) is 109 Å². The van der Waals surface area contributed by atoms with Gasteiger partial charge >= 0.3 is 0 Å². The van der Waals surface area contributed by atoms with Gasteiger partial charge in [0.2, 0.25) is 0 Å². The number of hydrogen-bond acceptors (Lipinski definition) is 6. The van der Waals surface area contributed by atoms with Crippen molar-refractivity contribution in [3.8, 4) is 0 Å². The second-order valence-electron chi connectivity index (χ2n) is 10.2. The highest BCUT2D eigenvalue weighted by atomic mass is 32.2. The van der Waals surface area contributed by atoms with Gasteiger partial charge in [-0.05, 0) is 35.7 Å². The first kappa shape index (κ1) is 29.5. The van der Waals surface area contributed by atoms with Crippen LogP contribution in [0.5, 0.6) is 0 Å². The van der Waals surface area contributed by atoms with Crippen LogP contribution in [0.1, 0.15) is 22.3 Å². The molecular weight excluding hydrogens is 532 g/mol. The van der Waals surface area contributed by atoms with Crippen LogP contribution in [0, 0.1) is 6.92 Å². The summed E-state index contributed by atoms with van der Waals surface area (Å²) in [5.74, 6) is 0. The average molecular weight is 571 g/mol. The molecule has 1 saturated heterocycles. The Balaban J connectivity index is 1.41. The van der Waals surface area contributed by atoms with E-state index >= 15 is 0 Å². The van der Waals surface area contributed by atoms with Crippen molar-refractivity contribution in [2.24, 2.45) is 0 Å². The van der Waals surface area contributed by atoms with Crippen molar-refractivity contribution in [1.29, 1.82) is 0 Å².